The summed E-state index contributed by atoms with van der Waals surface area (Å²) in [5.41, 5.74) is 0. The molecule has 0 saturated carbocycles. The zero-order valence-electron chi connectivity index (χ0n) is 9.97. The van der Waals surface area contributed by atoms with Crippen LogP contribution in [-0.4, -0.2) is 19.1 Å². The van der Waals surface area contributed by atoms with E-state index in [1.807, 2.05) is 24.3 Å². The summed E-state index contributed by atoms with van der Waals surface area (Å²) in [6.07, 6.45) is 1.05. The molecule has 1 aromatic carbocycles. The van der Waals surface area contributed by atoms with Gasteiger partial charge in [-0.05, 0) is 18.1 Å². The summed E-state index contributed by atoms with van der Waals surface area (Å²) in [7, 11) is 1.67. The molecule has 16 heavy (non-hydrogen) atoms. The van der Waals surface area contributed by atoms with Gasteiger partial charge < -0.3 is 9.53 Å². The van der Waals surface area contributed by atoms with Gasteiger partial charge in [0.2, 0.25) is 0 Å². The topological polar surface area (TPSA) is 26.3 Å². The summed E-state index contributed by atoms with van der Waals surface area (Å²) in [5.74, 6) is 2.18. The van der Waals surface area contributed by atoms with E-state index >= 15 is 0 Å². The van der Waals surface area contributed by atoms with Gasteiger partial charge in [0.15, 0.2) is 0 Å². The highest BCUT2D eigenvalue weighted by molar-refractivity contribution is 7.99. The maximum absolute atomic E-state index is 10.9. The van der Waals surface area contributed by atoms with Crippen molar-refractivity contribution in [2.75, 3.05) is 12.9 Å². The lowest BCUT2D eigenvalue weighted by molar-refractivity contribution is -0.111. The third-order valence-electron chi connectivity index (χ3n) is 2.53. The largest absolute Gasteiger partial charge is 0.496 e. The molecule has 0 fully saturated rings. The van der Waals surface area contributed by atoms with Crippen LogP contribution in [0.3, 0.4) is 0 Å². The van der Waals surface area contributed by atoms with Gasteiger partial charge in [0.1, 0.15) is 12.0 Å². The number of rotatable bonds is 6. The van der Waals surface area contributed by atoms with Crippen LogP contribution in [0.1, 0.15) is 13.8 Å². The monoisotopic (exact) mass is 238 g/mol. The van der Waals surface area contributed by atoms with Crippen molar-refractivity contribution in [3.63, 3.8) is 0 Å². The molecule has 0 saturated heterocycles. The molecule has 0 aliphatic carbocycles. The van der Waals surface area contributed by atoms with Crippen molar-refractivity contribution in [1.29, 1.82) is 0 Å². The van der Waals surface area contributed by atoms with Crippen LogP contribution in [0.2, 0.25) is 0 Å². The van der Waals surface area contributed by atoms with E-state index in [2.05, 4.69) is 13.8 Å². The minimum absolute atomic E-state index is 0.106. The van der Waals surface area contributed by atoms with E-state index in [0.29, 0.717) is 5.92 Å². The van der Waals surface area contributed by atoms with E-state index in [0.717, 1.165) is 22.7 Å². The molecule has 1 aromatic rings. The smallest absolute Gasteiger partial charge is 0.132 e. The first kappa shape index (κ1) is 13.1. The van der Waals surface area contributed by atoms with Gasteiger partial charge in [-0.25, -0.2) is 0 Å². The van der Waals surface area contributed by atoms with Crippen LogP contribution in [0, 0.1) is 11.8 Å². The summed E-state index contributed by atoms with van der Waals surface area (Å²) in [4.78, 5) is 12.0. The van der Waals surface area contributed by atoms with Crippen LogP contribution in [0.4, 0.5) is 0 Å². The molecular weight excluding hydrogens is 220 g/mol. The van der Waals surface area contributed by atoms with Crippen LogP contribution >= 0.6 is 11.8 Å². The molecule has 1 atom stereocenters. The van der Waals surface area contributed by atoms with Crippen LogP contribution in [0.15, 0.2) is 29.2 Å². The van der Waals surface area contributed by atoms with Gasteiger partial charge in [0, 0.05) is 16.6 Å². The SMILES string of the molecule is COc1ccccc1SCC(C=O)C(C)C. The van der Waals surface area contributed by atoms with Crippen LogP contribution in [-0.2, 0) is 4.79 Å². The van der Waals surface area contributed by atoms with Gasteiger partial charge in [0.05, 0.1) is 7.11 Å². The number of hydrogen-bond acceptors (Lipinski definition) is 3. The lowest BCUT2D eigenvalue weighted by atomic mass is 10.0. The molecule has 3 heteroatoms. The highest BCUT2D eigenvalue weighted by atomic mass is 32.2. The van der Waals surface area contributed by atoms with Gasteiger partial charge >= 0.3 is 0 Å². The molecule has 0 bridgehead atoms. The zero-order chi connectivity index (χ0) is 12.0. The molecular formula is C13H18O2S. The normalized spacial score (nSPS) is 12.5. The average molecular weight is 238 g/mol. The highest BCUT2D eigenvalue weighted by Crippen LogP contribution is 2.30. The van der Waals surface area contributed by atoms with E-state index in [1.165, 1.54) is 0 Å². The Morgan fingerprint density at radius 1 is 1.38 bits per heavy atom. The molecule has 0 heterocycles. The second kappa shape index (κ2) is 6.59. The Morgan fingerprint density at radius 2 is 2.06 bits per heavy atom. The first-order valence-corrected chi connectivity index (χ1v) is 6.38. The number of carbonyl (C=O) groups excluding carboxylic acids is 1. The van der Waals surface area contributed by atoms with E-state index in [1.54, 1.807) is 18.9 Å². The van der Waals surface area contributed by atoms with E-state index in [9.17, 15) is 4.79 Å². The standard InChI is InChI=1S/C13H18O2S/c1-10(2)11(8-14)9-16-13-7-5-4-6-12(13)15-3/h4-8,10-11H,9H2,1-3H3. The Hall–Kier alpha value is -0.960. The molecule has 1 rings (SSSR count). The number of methoxy groups -OCH3 is 1. The maximum Gasteiger partial charge on any atom is 0.132 e. The van der Waals surface area contributed by atoms with Crippen LogP contribution in [0.25, 0.3) is 0 Å². The molecule has 88 valence electrons. The summed E-state index contributed by atoms with van der Waals surface area (Å²) in [6, 6.07) is 7.89. The Morgan fingerprint density at radius 3 is 2.62 bits per heavy atom. The summed E-state index contributed by atoms with van der Waals surface area (Å²) < 4.78 is 5.26. The first-order chi connectivity index (χ1) is 7.69. The van der Waals surface area contributed by atoms with Crippen molar-refractivity contribution in [3.05, 3.63) is 24.3 Å². The maximum atomic E-state index is 10.9. The van der Waals surface area contributed by atoms with Crippen LogP contribution in [0.5, 0.6) is 5.75 Å². The Kier molecular flexibility index (Phi) is 5.39. The average Bonchev–Trinajstić information content (AvgIpc) is 2.30. The van der Waals surface area contributed by atoms with Crippen molar-refractivity contribution in [3.8, 4) is 5.75 Å². The minimum Gasteiger partial charge on any atom is -0.496 e. The first-order valence-electron chi connectivity index (χ1n) is 5.40. The van der Waals surface area contributed by atoms with Gasteiger partial charge in [-0.1, -0.05) is 26.0 Å². The second-order valence-corrected chi connectivity index (χ2v) is 5.07. The summed E-state index contributed by atoms with van der Waals surface area (Å²) in [6.45, 7) is 4.14. The van der Waals surface area contributed by atoms with Crippen LogP contribution < -0.4 is 4.74 Å². The fourth-order valence-corrected chi connectivity index (χ4v) is 2.62. The number of para-hydroxylation sites is 1. The molecule has 0 radical (unpaired) electrons. The lowest BCUT2D eigenvalue weighted by Crippen LogP contribution is -2.12. The zero-order valence-corrected chi connectivity index (χ0v) is 10.8. The molecule has 0 aliphatic rings. The van der Waals surface area contributed by atoms with E-state index in [-0.39, 0.29) is 5.92 Å². The van der Waals surface area contributed by atoms with Crippen molar-refractivity contribution in [2.24, 2.45) is 11.8 Å². The third kappa shape index (κ3) is 3.56. The van der Waals surface area contributed by atoms with Gasteiger partial charge in [-0.15, -0.1) is 11.8 Å². The van der Waals surface area contributed by atoms with Crippen molar-refractivity contribution < 1.29 is 9.53 Å². The third-order valence-corrected chi connectivity index (χ3v) is 3.73. The minimum atomic E-state index is 0.106. The van der Waals surface area contributed by atoms with Crippen molar-refractivity contribution >= 4 is 18.0 Å². The lowest BCUT2D eigenvalue weighted by Gasteiger charge is -2.14. The fraction of sp³-hybridized carbons (Fsp3) is 0.462. The highest BCUT2D eigenvalue weighted by Gasteiger charge is 2.13. The summed E-state index contributed by atoms with van der Waals surface area (Å²) in [5, 5.41) is 0. The quantitative estimate of drug-likeness (QED) is 0.562. The number of carbonyl (C=O) groups is 1. The molecule has 1 unspecified atom stereocenters. The molecule has 0 amide bonds. The number of ether oxygens (including phenoxy) is 1. The predicted molar refractivity (Wildman–Crippen MR) is 68.1 cm³/mol. The Bertz CT molecular complexity index is 336. The molecule has 0 aliphatic heterocycles. The Balaban J connectivity index is 2.63. The van der Waals surface area contributed by atoms with Gasteiger partial charge in [-0.2, -0.15) is 0 Å². The fourth-order valence-electron chi connectivity index (χ4n) is 1.31. The number of hydrogen-bond donors (Lipinski definition) is 0. The van der Waals surface area contributed by atoms with Gasteiger partial charge in [-0.3, -0.25) is 0 Å². The van der Waals surface area contributed by atoms with E-state index in [4.69, 9.17) is 4.74 Å². The van der Waals surface area contributed by atoms with E-state index < -0.39 is 0 Å². The second-order valence-electron chi connectivity index (χ2n) is 4.01. The molecule has 0 aromatic heterocycles. The number of aldehydes is 1. The number of thioether (sulfide) groups is 1. The van der Waals surface area contributed by atoms with Crippen molar-refractivity contribution in [2.45, 2.75) is 18.7 Å². The van der Waals surface area contributed by atoms with Gasteiger partial charge in [0.25, 0.3) is 0 Å². The Labute approximate surface area is 101 Å². The molecule has 2 nitrogen and oxygen atoms in total. The van der Waals surface area contributed by atoms with Crippen molar-refractivity contribution in [1.82, 2.24) is 0 Å². The number of benzene rings is 1. The predicted octanol–water partition coefficient (Wildman–Crippen LogP) is 3.26. The molecule has 0 spiro atoms. The summed E-state index contributed by atoms with van der Waals surface area (Å²) >= 11 is 1.68. The molecule has 0 N–H and O–H groups in total.